The number of carbonyl (C=O) groups is 2. The molecular formula is C21H26Cl2N4O3. The summed E-state index contributed by atoms with van der Waals surface area (Å²) >= 11 is 0. The highest BCUT2D eigenvalue weighted by molar-refractivity contribution is 6.05. The lowest BCUT2D eigenvalue weighted by Gasteiger charge is -2.23. The van der Waals surface area contributed by atoms with E-state index in [0.29, 0.717) is 22.7 Å². The van der Waals surface area contributed by atoms with Crippen LogP contribution in [0.25, 0.3) is 0 Å². The fourth-order valence-corrected chi connectivity index (χ4v) is 3.99. The molecular weight excluding hydrogens is 427 g/mol. The van der Waals surface area contributed by atoms with Gasteiger partial charge in [-0.3, -0.25) is 14.6 Å². The van der Waals surface area contributed by atoms with Gasteiger partial charge in [-0.2, -0.15) is 0 Å². The third kappa shape index (κ3) is 5.03. The Hall–Kier alpha value is -2.35. The lowest BCUT2D eigenvalue weighted by atomic mass is 9.92. The Balaban J connectivity index is 0.00000160. The minimum absolute atomic E-state index is 0. The molecule has 4 rings (SSSR count). The zero-order chi connectivity index (χ0) is 19.6. The van der Waals surface area contributed by atoms with Gasteiger partial charge in [0.1, 0.15) is 5.75 Å². The van der Waals surface area contributed by atoms with Gasteiger partial charge in [-0.15, -0.1) is 24.8 Å². The van der Waals surface area contributed by atoms with Crippen LogP contribution in [-0.4, -0.2) is 37.0 Å². The van der Waals surface area contributed by atoms with Crippen LogP contribution in [0.1, 0.15) is 29.6 Å². The Morgan fingerprint density at radius 1 is 1.17 bits per heavy atom. The Morgan fingerprint density at radius 3 is 2.60 bits per heavy atom. The molecule has 1 aromatic heterocycles. The first-order valence-electron chi connectivity index (χ1n) is 9.52. The monoisotopic (exact) mass is 452 g/mol. The first-order valence-corrected chi connectivity index (χ1v) is 9.52. The molecule has 1 saturated carbocycles. The third-order valence-electron chi connectivity index (χ3n) is 5.75. The number of hydrogen-bond donors (Lipinski definition) is 3. The normalized spacial score (nSPS) is 18.4. The number of amides is 2. The van der Waals surface area contributed by atoms with Crippen LogP contribution < -0.4 is 20.7 Å². The van der Waals surface area contributed by atoms with E-state index in [-0.39, 0.29) is 48.0 Å². The third-order valence-corrected chi connectivity index (χ3v) is 5.75. The first kappa shape index (κ1) is 23.9. The van der Waals surface area contributed by atoms with Gasteiger partial charge in [-0.25, -0.2) is 0 Å². The average molecular weight is 453 g/mol. The lowest BCUT2D eigenvalue weighted by Crippen LogP contribution is -2.31. The number of pyridine rings is 1. The fraction of sp³-hybridized carbons (Fsp3) is 0.381. The maximum absolute atomic E-state index is 12.6. The second kappa shape index (κ2) is 10.1. The highest BCUT2D eigenvalue weighted by atomic mass is 35.5. The minimum Gasteiger partial charge on any atom is -0.494 e. The number of anilines is 2. The van der Waals surface area contributed by atoms with Crippen LogP contribution in [0.3, 0.4) is 0 Å². The van der Waals surface area contributed by atoms with Crippen LogP contribution in [0.4, 0.5) is 11.4 Å². The number of piperidine rings is 1. The van der Waals surface area contributed by atoms with E-state index < -0.39 is 0 Å². The quantitative estimate of drug-likeness (QED) is 0.645. The molecule has 30 heavy (non-hydrogen) atoms. The van der Waals surface area contributed by atoms with E-state index in [0.717, 1.165) is 32.4 Å². The number of ether oxygens (including phenoxy) is 1. The van der Waals surface area contributed by atoms with Crippen LogP contribution in [0, 0.1) is 11.3 Å². The SMILES string of the molecule is COc1cc(NC(=O)C2CC23CCNCC3)ccc1NC(=O)c1cccnc1.Cl.Cl. The topological polar surface area (TPSA) is 92.4 Å². The number of rotatable bonds is 5. The van der Waals surface area contributed by atoms with Crippen molar-refractivity contribution in [1.82, 2.24) is 10.3 Å². The predicted molar refractivity (Wildman–Crippen MR) is 121 cm³/mol. The van der Waals surface area contributed by atoms with Crippen molar-refractivity contribution in [2.45, 2.75) is 19.3 Å². The zero-order valence-corrected chi connectivity index (χ0v) is 18.3. The van der Waals surface area contributed by atoms with Crippen molar-refractivity contribution in [3.63, 3.8) is 0 Å². The summed E-state index contributed by atoms with van der Waals surface area (Å²) in [5, 5.41) is 9.17. The molecule has 1 atom stereocenters. The van der Waals surface area contributed by atoms with Gasteiger partial charge in [0.2, 0.25) is 5.91 Å². The van der Waals surface area contributed by atoms with E-state index in [2.05, 4.69) is 20.9 Å². The number of aromatic nitrogens is 1. The van der Waals surface area contributed by atoms with Crippen LogP contribution in [0.15, 0.2) is 42.7 Å². The molecule has 2 aromatic rings. The molecule has 1 unspecified atom stereocenters. The molecule has 1 aliphatic heterocycles. The molecule has 2 fully saturated rings. The number of benzene rings is 1. The lowest BCUT2D eigenvalue weighted by molar-refractivity contribution is -0.118. The smallest absolute Gasteiger partial charge is 0.257 e. The van der Waals surface area contributed by atoms with E-state index >= 15 is 0 Å². The summed E-state index contributed by atoms with van der Waals surface area (Å²) in [4.78, 5) is 28.9. The van der Waals surface area contributed by atoms with E-state index in [1.807, 2.05) is 0 Å². The average Bonchev–Trinajstić information content (AvgIpc) is 3.43. The maximum Gasteiger partial charge on any atom is 0.257 e. The summed E-state index contributed by atoms with van der Waals surface area (Å²) in [5.74, 6) is 0.373. The highest BCUT2D eigenvalue weighted by Crippen LogP contribution is 2.58. The molecule has 3 N–H and O–H groups in total. The number of methoxy groups -OCH3 is 1. The van der Waals surface area contributed by atoms with Crippen molar-refractivity contribution in [3.05, 3.63) is 48.3 Å². The molecule has 1 aliphatic carbocycles. The fourth-order valence-electron chi connectivity index (χ4n) is 3.99. The van der Waals surface area contributed by atoms with Gasteiger partial charge in [0.15, 0.2) is 0 Å². The molecule has 2 amide bonds. The predicted octanol–water partition coefficient (Wildman–Crippen LogP) is 3.51. The second-order valence-electron chi connectivity index (χ2n) is 7.47. The van der Waals surface area contributed by atoms with Crippen LogP contribution >= 0.6 is 24.8 Å². The van der Waals surface area contributed by atoms with E-state index in [1.165, 1.54) is 13.3 Å². The Morgan fingerprint density at radius 2 is 1.93 bits per heavy atom. The van der Waals surface area contributed by atoms with Crippen LogP contribution in [0.2, 0.25) is 0 Å². The van der Waals surface area contributed by atoms with Gasteiger partial charge < -0.3 is 20.7 Å². The first-order chi connectivity index (χ1) is 13.6. The maximum atomic E-state index is 12.6. The van der Waals surface area contributed by atoms with Crippen molar-refractivity contribution in [1.29, 1.82) is 0 Å². The van der Waals surface area contributed by atoms with Crippen molar-refractivity contribution in [2.24, 2.45) is 11.3 Å². The number of nitrogens with one attached hydrogen (secondary N) is 3. The standard InChI is InChI=1S/C21H24N4O3.2ClH/c1-28-18-11-15(24-20(27)16-12-21(16)6-9-22-10-7-21)4-5-17(18)25-19(26)14-3-2-8-23-13-14;;/h2-5,8,11,13,16,22H,6-7,9-10,12H2,1H3,(H,24,27)(H,25,26);2*1H. The molecule has 7 nitrogen and oxygen atoms in total. The molecule has 1 saturated heterocycles. The van der Waals surface area contributed by atoms with E-state index in [9.17, 15) is 9.59 Å². The molecule has 1 aromatic carbocycles. The Bertz CT molecular complexity index is 889. The van der Waals surface area contributed by atoms with Crippen LogP contribution in [0.5, 0.6) is 5.75 Å². The zero-order valence-electron chi connectivity index (χ0n) is 16.6. The molecule has 1 spiro atoms. The van der Waals surface area contributed by atoms with Crippen molar-refractivity contribution < 1.29 is 14.3 Å². The number of nitrogens with zero attached hydrogens (tertiary/aromatic N) is 1. The van der Waals surface area contributed by atoms with Crippen molar-refractivity contribution >= 4 is 48.0 Å². The number of hydrogen-bond acceptors (Lipinski definition) is 5. The van der Waals surface area contributed by atoms with Crippen molar-refractivity contribution in [2.75, 3.05) is 30.8 Å². The van der Waals surface area contributed by atoms with Gasteiger partial charge in [-0.05, 0) is 62.0 Å². The Labute approximate surface area is 188 Å². The van der Waals surface area contributed by atoms with Crippen LogP contribution in [-0.2, 0) is 4.79 Å². The largest absolute Gasteiger partial charge is 0.494 e. The molecule has 0 radical (unpaired) electrons. The molecule has 162 valence electrons. The molecule has 2 aliphatic rings. The summed E-state index contributed by atoms with van der Waals surface area (Å²) in [6.45, 7) is 1.98. The Kier molecular flexibility index (Phi) is 8.06. The summed E-state index contributed by atoms with van der Waals surface area (Å²) in [5.41, 5.74) is 1.85. The van der Waals surface area contributed by atoms with Gasteiger partial charge >= 0.3 is 0 Å². The minimum atomic E-state index is -0.269. The summed E-state index contributed by atoms with van der Waals surface area (Å²) < 4.78 is 5.40. The molecule has 9 heteroatoms. The molecule has 0 bridgehead atoms. The number of carbonyl (C=O) groups excluding carboxylic acids is 2. The van der Waals surface area contributed by atoms with Gasteiger partial charge in [-0.1, -0.05) is 0 Å². The van der Waals surface area contributed by atoms with Gasteiger partial charge in [0.05, 0.1) is 18.4 Å². The highest BCUT2D eigenvalue weighted by Gasteiger charge is 2.57. The van der Waals surface area contributed by atoms with Gasteiger partial charge in [0, 0.05) is 30.1 Å². The van der Waals surface area contributed by atoms with E-state index in [4.69, 9.17) is 4.74 Å². The summed E-state index contributed by atoms with van der Waals surface area (Å²) in [6.07, 6.45) is 6.21. The van der Waals surface area contributed by atoms with Crippen molar-refractivity contribution in [3.8, 4) is 5.75 Å². The summed E-state index contributed by atoms with van der Waals surface area (Å²) in [6, 6.07) is 8.63. The number of halogens is 2. The second-order valence-corrected chi connectivity index (χ2v) is 7.47. The van der Waals surface area contributed by atoms with E-state index in [1.54, 1.807) is 36.5 Å². The summed E-state index contributed by atoms with van der Waals surface area (Å²) in [7, 11) is 1.53. The molecule has 2 heterocycles. The van der Waals surface area contributed by atoms with Gasteiger partial charge in [0.25, 0.3) is 5.91 Å².